The van der Waals surface area contributed by atoms with E-state index in [1.807, 2.05) is 0 Å². The minimum absolute atomic E-state index is 0.0550. The third kappa shape index (κ3) is 1.77. The molecule has 0 aliphatic heterocycles. The molecule has 0 saturated heterocycles. The number of pyridine rings is 1. The molecule has 11 heavy (non-hydrogen) atoms. The number of nitrogens with one attached hydrogen (secondary N) is 1. The van der Waals surface area contributed by atoms with Crippen LogP contribution < -0.4 is 5.43 Å². The van der Waals surface area contributed by atoms with Crippen LogP contribution in [0.4, 0.5) is 8.78 Å². The lowest BCUT2D eigenvalue weighted by Crippen LogP contribution is -2.07. The summed E-state index contributed by atoms with van der Waals surface area (Å²) in [4.78, 5) is 13.0. The minimum atomic E-state index is -2.75. The summed E-state index contributed by atoms with van der Waals surface area (Å²) in [5, 5.41) is 0.0550. The van der Waals surface area contributed by atoms with Gasteiger partial charge in [0.25, 0.3) is 6.43 Å². The maximum atomic E-state index is 11.9. The number of alkyl halides is 2. The summed E-state index contributed by atoms with van der Waals surface area (Å²) in [7, 11) is 0. The molecular weight excluding hydrogens is 176 g/mol. The number of H-pyrrole nitrogens is 1. The molecule has 0 bridgehead atoms. The fourth-order valence-electron chi connectivity index (χ4n) is 0.628. The second kappa shape index (κ2) is 3.00. The lowest BCUT2D eigenvalue weighted by atomic mass is 10.3. The second-order valence-electron chi connectivity index (χ2n) is 1.90. The van der Waals surface area contributed by atoms with Crippen LogP contribution in [-0.4, -0.2) is 4.98 Å². The van der Waals surface area contributed by atoms with Crippen LogP contribution in [0.15, 0.2) is 17.1 Å². The van der Waals surface area contributed by atoms with Gasteiger partial charge in [-0.3, -0.25) is 4.79 Å². The summed E-state index contributed by atoms with van der Waals surface area (Å²) in [6, 6.07) is 0.920. The summed E-state index contributed by atoms with van der Waals surface area (Å²) in [6.45, 7) is 0. The zero-order chi connectivity index (χ0) is 8.43. The molecular formula is C6H4ClF2NO. The number of hydrogen-bond acceptors (Lipinski definition) is 1. The number of aromatic amines is 1. The van der Waals surface area contributed by atoms with Gasteiger partial charge >= 0.3 is 0 Å². The Morgan fingerprint density at radius 2 is 2.18 bits per heavy atom. The van der Waals surface area contributed by atoms with Crippen LogP contribution >= 0.6 is 11.6 Å². The molecule has 1 aromatic heterocycles. The first-order chi connectivity index (χ1) is 5.11. The molecule has 0 amide bonds. The van der Waals surface area contributed by atoms with E-state index in [-0.39, 0.29) is 5.15 Å². The lowest BCUT2D eigenvalue weighted by Gasteiger charge is -1.96. The van der Waals surface area contributed by atoms with Crippen LogP contribution in [0, 0.1) is 0 Å². The van der Waals surface area contributed by atoms with Gasteiger partial charge in [0.2, 0.25) is 0 Å². The van der Waals surface area contributed by atoms with Gasteiger partial charge < -0.3 is 4.98 Å². The Morgan fingerprint density at radius 1 is 1.55 bits per heavy atom. The topological polar surface area (TPSA) is 32.9 Å². The van der Waals surface area contributed by atoms with E-state index in [1.54, 1.807) is 0 Å². The number of aromatic nitrogens is 1. The molecule has 0 spiro atoms. The Hall–Kier alpha value is -0.900. The molecule has 1 aromatic rings. The van der Waals surface area contributed by atoms with Crippen molar-refractivity contribution < 1.29 is 8.78 Å². The van der Waals surface area contributed by atoms with Gasteiger partial charge in [-0.15, -0.1) is 0 Å². The van der Waals surface area contributed by atoms with Crippen molar-refractivity contribution in [1.29, 1.82) is 0 Å². The SMILES string of the molecule is O=c1cc(Cl)[nH]cc1C(F)F. The van der Waals surface area contributed by atoms with Crippen molar-refractivity contribution in [3.8, 4) is 0 Å². The maximum Gasteiger partial charge on any atom is 0.269 e. The molecule has 0 saturated carbocycles. The summed E-state index contributed by atoms with van der Waals surface area (Å²) >= 11 is 5.32. The van der Waals surface area contributed by atoms with Crippen LogP contribution in [0.25, 0.3) is 0 Å². The van der Waals surface area contributed by atoms with Crippen molar-refractivity contribution in [3.05, 3.63) is 33.2 Å². The molecule has 0 radical (unpaired) electrons. The molecule has 1 N–H and O–H groups in total. The van der Waals surface area contributed by atoms with E-state index < -0.39 is 17.4 Å². The van der Waals surface area contributed by atoms with Crippen LogP contribution in [0.3, 0.4) is 0 Å². The second-order valence-corrected chi connectivity index (χ2v) is 2.31. The third-order valence-electron chi connectivity index (χ3n) is 1.14. The Labute approximate surface area is 65.8 Å². The molecule has 60 valence electrons. The first-order valence-corrected chi connectivity index (χ1v) is 3.15. The summed E-state index contributed by atoms with van der Waals surface area (Å²) < 4.78 is 23.8. The van der Waals surface area contributed by atoms with Crippen molar-refractivity contribution in [3.63, 3.8) is 0 Å². The highest BCUT2D eigenvalue weighted by Gasteiger charge is 2.10. The van der Waals surface area contributed by atoms with Crippen LogP contribution in [0.5, 0.6) is 0 Å². The highest BCUT2D eigenvalue weighted by atomic mass is 35.5. The van der Waals surface area contributed by atoms with Gasteiger partial charge in [0.15, 0.2) is 5.43 Å². The van der Waals surface area contributed by atoms with Crippen molar-refractivity contribution in [2.45, 2.75) is 6.43 Å². The highest BCUT2D eigenvalue weighted by molar-refractivity contribution is 6.29. The molecule has 0 unspecified atom stereocenters. The molecule has 1 rings (SSSR count). The van der Waals surface area contributed by atoms with Crippen molar-refractivity contribution >= 4 is 11.6 Å². The molecule has 0 aromatic carbocycles. The van der Waals surface area contributed by atoms with E-state index in [1.165, 1.54) is 0 Å². The normalized spacial score (nSPS) is 10.5. The van der Waals surface area contributed by atoms with Crippen molar-refractivity contribution in [1.82, 2.24) is 4.98 Å². The van der Waals surface area contributed by atoms with E-state index in [9.17, 15) is 13.6 Å². The molecule has 0 fully saturated rings. The monoisotopic (exact) mass is 179 g/mol. The lowest BCUT2D eigenvalue weighted by molar-refractivity contribution is 0.150. The summed E-state index contributed by atoms with van der Waals surface area (Å²) in [5.41, 5.74) is -1.31. The molecule has 5 heteroatoms. The van der Waals surface area contributed by atoms with Gasteiger partial charge in [-0.25, -0.2) is 8.78 Å². The van der Waals surface area contributed by atoms with Gasteiger partial charge in [0, 0.05) is 12.3 Å². The Kier molecular flexibility index (Phi) is 2.24. The Bertz CT molecular complexity index is 310. The highest BCUT2D eigenvalue weighted by Crippen LogP contribution is 2.13. The quantitative estimate of drug-likeness (QED) is 0.657. The third-order valence-corrected chi connectivity index (χ3v) is 1.36. The van der Waals surface area contributed by atoms with E-state index in [0.717, 1.165) is 12.3 Å². The predicted molar refractivity (Wildman–Crippen MR) is 37.0 cm³/mol. The van der Waals surface area contributed by atoms with Crippen LogP contribution in [-0.2, 0) is 0 Å². The van der Waals surface area contributed by atoms with Gasteiger partial charge in [0.05, 0.1) is 5.56 Å². The van der Waals surface area contributed by atoms with E-state index in [2.05, 4.69) is 4.98 Å². The van der Waals surface area contributed by atoms with E-state index in [4.69, 9.17) is 11.6 Å². The zero-order valence-electron chi connectivity index (χ0n) is 5.27. The van der Waals surface area contributed by atoms with Gasteiger partial charge in [-0.2, -0.15) is 0 Å². The summed E-state index contributed by atoms with van der Waals surface area (Å²) in [5.74, 6) is 0. The minimum Gasteiger partial charge on any atom is -0.352 e. The average molecular weight is 180 g/mol. The van der Waals surface area contributed by atoms with Gasteiger partial charge in [-0.05, 0) is 0 Å². The standard InChI is InChI=1S/C6H4ClF2NO/c7-5-1-4(11)3(2-10-5)6(8)9/h1-2,6H,(H,10,11). The predicted octanol–water partition coefficient (Wildman–Crippen LogP) is 1.97. The Morgan fingerprint density at radius 3 is 2.64 bits per heavy atom. The molecule has 0 aliphatic rings. The van der Waals surface area contributed by atoms with Crippen molar-refractivity contribution in [2.75, 3.05) is 0 Å². The average Bonchev–Trinajstić information content (AvgIpc) is 1.85. The summed E-state index contributed by atoms with van der Waals surface area (Å²) in [6.07, 6.45) is -1.84. The van der Waals surface area contributed by atoms with E-state index in [0.29, 0.717) is 0 Å². The van der Waals surface area contributed by atoms with Crippen molar-refractivity contribution in [2.24, 2.45) is 0 Å². The molecule has 0 aliphatic carbocycles. The van der Waals surface area contributed by atoms with Gasteiger partial charge in [-0.1, -0.05) is 11.6 Å². The fraction of sp³-hybridized carbons (Fsp3) is 0.167. The van der Waals surface area contributed by atoms with Gasteiger partial charge in [0.1, 0.15) is 5.15 Å². The molecule has 1 heterocycles. The first kappa shape index (κ1) is 8.20. The zero-order valence-corrected chi connectivity index (χ0v) is 6.03. The molecule has 0 atom stereocenters. The largest absolute Gasteiger partial charge is 0.352 e. The number of halogens is 3. The first-order valence-electron chi connectivity index (χ1n) is 2.77. The maximum absolute atomic E-state index is 11.9. The van der Waals surface area contributed by atoms with Crippen LogP contribution in [0.1, 0.15) is 12.0 Å². The smallest absolute Gasteiger partial charge is 0.269 e. The van der Waals surface area contributed by atoms with Crippen LogP contribution in [0.2, 0.25) is 5.15 Å². The number of hydrogen-bond donors (Lipinski definition) is 1. The van der Waals surface area contributed by atoms with E-state index >= 15 is 0 Å². The Balaban J connectivity index is 3.21. The molecule has 2 nitrogen and oxygen atoms in total. The number of rotatable bonds is 1. The fourth-order valence-corrected chi connectivity index (χ4v) is 0.782.